The van der Waals surface area contributed by atoms with Gasteiger partial charge in [0.25, 0.3) is 0 Å². The second-order valence-electron chi connectivity index (χ2n) is 10.8. The van der Waals surface area contributed by atoms with Crippen molar-refractivity contribution in [1.29, 1.82) is 5.26 Å². The number of hydrogen-bond acceptors (Lipinski definition) is 6. The Morgan fingerprint density at radius 3 is 2.20 bits per heavy atom. The Hall–Kier alpha value is -3.72. The van der Waals surface area contributed by atoms with Crippen molar-refractivity contribution >= 4 is 46.0 Å². The van der Waals surface area contributed by atoms with Crippen LogP contribution >= 0.6 is 22.6 Å². The number of rotatable bonds is 6. The molecule has 0 saturated heterocycles. The van der Waals surface area contributed by atoms with Gasteiger partial charge in [-0.2, -0.15) is 5.26 Å². The summed E-state index contributed by atoms with van der Waals surface area (Å²) in [5.41, 5.74) is -1.79. The smallest absolute Gasteiger partial charge is 0.419 e. The number of anilines is 2. The maximum absolute atomic E-state index is 15.1. The van der Waals surface area contributed by atoms with E-state index < -0.39 is 34.9 Å². The summed E-state index contributed by atoms with van der Waals surface area (Å²) in [7, 11) is 0. The predicted molar refractivity (Wildman–Crippen MR) is 155 cm³/mol. The molecule has 210 valence electrons. The molecule has 0 atom stereocenters. The third kappa shape index (κ3) is 8.39. The fraction of sp³-hybridized carbons (Fsp3) is 0.300. The van der Waals surface area contributed by atoms with E-state index >= 15 is 4.39 Å². The number of hydrogen-bond donors (Lipinski definition) is 0. The van der Waals surface area contributed by atoms with E-state index in [1.807, 2.05) is 28.7 Å². The van der Waals surface area contributed by atoms with Crippen molar-refractivity contribution in [2.24, 2.45) is 0 Å². The summed E-state index contributed by atoms with van der Waals surface area (Å²) in [4.78, 5) is 26.4. The van der Waals surface area contributed by atoms with Gasteiger partial charge in [-0.15, -0.1) is 0 Å². The first-order valence-corrected chi connectivity index (χ1v) is 13.3. The summed E-state index contributed by atoms with van der Waals surface area (Å²) in [5.74, 6) is -2.07. The molecule has 0 radical (unpaired) electrons. The minimum atomic E-state index is -1.01. The molecule has 40 heavy (non-hydrogen) atoms. The van der Waals surface area contributed by atoms with Crippen LogP contribution < -0.4 is 9.64 Å². The number of carbonyl (C=O) groups excluding carboxylic acids is 2. The topological polar surface area (TPSA) is 88.9 Å². The summed E-state index contributed by atoms with van der Waals surface area (Å²) < 4.78 is 47.4. The van der Waals surface area contributed by atoms with Gasteiger partial charge in [0, 0.05) is 9.64 Å². The minimum Gasteiger partial charge on any atom is -0.460 e. The van der Waals surface area contributed by atoms with Gasteiger partial charge in [0.15, 0.2) is 0 Å². The van der Waals surface area contributed by atoms with Crippen molar-refractivity contribution in [1.82, 2.24) is 0 Å². The lowest BCUT2D eigenvalue weighted by Gasteiger charge is -2.28. The molecule has 0 aliphatic rings. The highest BCUT2D eigenvalue weighted by molar-refractivity contribution is 14.1. The molecule has 1 amide bonds. The van der Waals surface area contributed by atoms with Crippen LogP contribution in [0.4, 0.5) is 25.0 Å². The minimum absolute atomic E-state index is 0.0352. The lowest BCUT2D eigenvalue weighted by atomic mass is 10.1. The molecule has 10 heteroatoms. The van der Waals surface area contributed by atoms with Gasteiger partial charge in [0.2, 0.25) is 0 Å². The molecule has 0 spiro atoms. The average Bonchev–Trinajstić information content (AvgIpc) is 2.78. The van der Waals surface area contributed by atoms with E-state index in [0.717, 1.165) is 17.0 Å². The van der Waals surface area contributed by atoms with Gasteiger partial charge in [-0.05, 0) is 106 Å². The van der Waals surface area contributed by atoms with E-state index in [4.69, 9.17) is 14.2 Å². The molecule has 0 unspecified atom stereocenters. The summed E-state index contributed by atoms with van der Waals surface area (Å²) in [6.07, 6.45) is -1.05. The second-order valence-corrected chi connectivity index (χ2v) is 12.1. The first-order valence-electron chi connectivity index (χ1n) is 12.3. The number of amides is 1. The van der Waals surface area contributed by atoms with Crippen molar-refractivity contribution in [3.05, 3.63) is 80.9 Å². The predicted octanol–water partition coefficient (Wildman–Crippen LogP) is 8.19. The molecule has 0 aromatic heterocycles. The number of esters is 1. The molecular formula is C30H29F2IN2O5. The van der Waals surface area contributed by atoms with Gasteiger partial charge in [0.1, 0.15) is 46.0 Å². The number of halogens is 3. The van der Waals surface area contributed by atoms with Gasteiger partial charge in [-0.3, -0.25) is 4.79 Å². The zero-order valence-electron chi connectivity index (χ0n) is 23.0. The van der Waals surface area contributed by atoms with E-state index in [1.54, 1.807) is 71.9 Å². The van der Waals surface area contributed by atoms with Gasteiger partial charge in [-0.1, -0.05) is 12.1 Å². The van der Waals surface area contributed by atoms with Gasteiger partial charge in [0.05, 0.1) is 17.8 Å². The Morgan fingerprint density at radius 2 is 1.60 bits per heavy atom. The number of carbonyl (C=O) groups is 2. The normalized spacial score (nSPS) is 11.4. The van der Waals surface area contributed by atoms with Crippen LogP contribution in [-0.4, -0.2) is 23.3 Å². The van der Waals surface area contributed by atoms with Crippen LogP contribution in [0.3, 0.4) is 0 Å². The van der Waals surface area contributed by atoms with Crippen molar-refractivity contribution in [3.8, 4) is 17.6 Å². The lowest BCUT2D eigenvalue weighted by molar-refractivity contribution is -0.153. The summed E-state index contributed by atoms with van der Waals surface area (Å²) in [6, 6.07) is 14.4. The van der Waals surface area contributed by atoms with Crippen LogP contribution in [0.15, 0.2) is 54.6 Å². The van der Waals surface area contributed by atoms with Gasteiger partial charge in [-0.25, -0.2) is 18.5 Å². The Balaban J connectivity index is 2.07. The van der Waals surface area contributed by atoms with Crippen LogP contribution in [0.5, 0.6) is 11.5 Å². The molecule has 0 aliphatic heterocycles. The van der Waals surface area contributed by atoms with E-state index in [1.165, 1.54) is 12.1 Å². The summed E-state index contributed by atoms with van der Waals surface area (Å²) in [6.45, 7) is 10.2. The largest absolute Gasteiger partial charge is 0.460 e. The van der Waals surface area contributed by atoms with Crippen LogP contribution in [0.25, 0.3) is 0 Å². The van der Waals surface area contributed by atoms with E-state index in [-0.39, 0.29) is 34.9 Å². The monoisotopic (exact) mass is 662 g/mol. The standard InChI is InChI=1S/C30H29F2IN2O5/c1-29(2,3)39-27(36)13-18-8-7-9-21(12-18)38-26-15-19(31)14-25(22(26)17-34)35(28(37)40-30(4,5)6)24-11-10-20(33)16-23(24)32/h7-12,14-16H,13H2,1-6H3. The number of nitriles is 1. The molecule has 3 aromatic rings. The maximum atomic E-state index is 15.1. The number of nitrogens with zero attached hydrogens (tertiary/aromatic N) is 2. The third-order valence-electron chi connectivity index (χ3n) is 5.02. The average molecular weight is 662 g/mol. The van der Waals surface area contributed by atoms with E-state index in [2.05, 4.69) is 0 Å². The SMILES string of the molecule is CC(C)(C)OC(=O)Cc1cccc(Oc2cc(F)cc(N(C(=O)OC(C)(C)C)c3ccc(I)cc3F)c2C#N)c1. The molecule has 0 fully saturated rings. The second kappa shape index (κ2) is 12.2. The van der Waals surface area contributed by atoms with E-state index in [0.29, 0.717) is 9.13 Å². The van der Waals surface area contributed by atoms with Crippen molar-refractivity contribution in [2.45, 2.75) is 59.2 Å². The lowest BCUT2D eigenvalue weighted by Crippen LogP contribution is -2.34. The molecule has 7 nitrogen and oxygen atoms in total. The maximum Gasteiger partial charge on any atom is 0.419 e. The highest BCUT2D eigenvalue weighted by Gasteiger charge is 2.31. The molecule has 0 saturated carbocycles. The fourth-order valence-electron chi connectivity index (χ4n) is 3.62. The Bertz CT molecular complexity index is 1470. The molecule has 0 aliphatic carbocycles. The summed E-state index contributed by atoms with van der Waals surface area (Å²) in [5, 5.41) is 10.1. The molecule has 0 bridgehead atoms. The Kier molecular flexibility index (Phi) is 9.40. The van der Waals surface area contributed by atoms with Gasteiger partial charge >= 0.3 is 12.1 Å². The quantitative estimate of drug-likeness (QED) is 0.195. The first-order chi connectivity index (χ1) is 18.6. The highest BCUT2D eigenvalue weighted by Crippen LogP contribution is 2.39. The molecule has 0 heterocycles. The van der Waals surface area contributed by atoms with Crippen LogP contribution in [0, 0.1) is 26.5 Å². The van der Waals surface area contributed by atoms with Crippen LogP contribution in [-0.2, 0) is 20.7 Å². The molecular weight excluding hydrogens is 633 g/mol. The van der Waals surface area contributed by atoms with Crippen molar-refractivity contribution in [3.63, 3.8) is 0 Å². The summed E-state index contributed by atoms with van der Waals surface area (Å²) >= 11 is 1.92. The van der Waals surface area contributed by atoms with Crippen molar-refractivity contribution < 1.29 is 32.6 Å². The molecule has 3 rings (SSSR count). The number of ether oxygens (including phenoxy) is 3. The Morgan fingerprint density at radius 1 is 0.925 bits per heavy atom. The zero-order chi connectivity index (χ0) is 29.8. The fourth-order valence-corrected chi connectivity index (χ4v) is 4.08. The molecule has 3 aromatic carbocycles. The third-order valence-corrected chi connectivity index (χ3v) is 5.69. The van der Waals surface area contributed by atoms with E-state index in [9.17, 15) is 19.2 Å². The van der Waals surface area contributed by atoms with Crippen molar-refractivity contribution in [2.75, 3.05) is 4.90 Å². The zero-order valence-corrected chi connectivity index (χ0v) is 25.1. The van der Waals surface area contributed by atoms with Crippen LogP contribution in [0.2, 0.25) is 0 Å². The van der Waals surface area contributed by atoms with Crippen LogP contribution in [0.1, 0.15) is 52.7 Å². The number of benzene rings is 3. The first kappa shape index (κ1) is 30.8. The molecule has 0 N–H and O–H groups in total. The Labute approximate surface area is 245 Å². The highest BCUT2D eigenvalue weighted by atomic mass is 127. The van der Waals surface area contributed by atoms with Gasteiger partial charge < -0.3 is 14.2 Å².